The van der Waals surface area contributed by atoms with Crippen LogP contribution in [0.15, 0.2) is 65.8 Å². The van der Waals surface area contributed by atoms with Gasteiger partial charge in [-0.3, -0.25) is 20.7 Å². The standard InChI is InChI=1S/C27H28ClN5S/c1-15-6-12-22(13-7-15)31-16(2)14-23-26(30)33(19(5)29)27-24(17(3)18(4)34-27)25(32-23)20-8-10-21(28)11-9-20/h6-13,23,29-31H,2,14H2,1,3-5H3. The number of nitrogens with zero attached hydrogens (tertiary/aromatic N) is 2. The lowest BCUT2D eigenvalue weighted by atomic mass is 9.99. The topological polar surface area (TPSA) is 75.3 Å². The predicted molar refractivity (Wildman–Crippen MR) is 147 cm³/mol. The summed E-state index contributed by atoms with van der Waals surface area (Å²) in [5, 5.41) is 22.4. The van der Waals surface area contributed by atoms with Gasteiger partial charge in [-0.1, -0.05) is 48.0 Å². The molecule has 0 fully saturated rings. The van der Waals surface area contributed by atoms with Crippen LogP contribution in [0.5, 0.6) is 0 Å². The molecule has 5 nitrogen and oxygen atoms in total. The molecule has 1 atom stereocenters. The van der Waals surface area contributed by atoms with E-state index in [-0.39, 0.29) is 5.84 Å². The fraction of sp³-hybridized carbons (Fsp3) is 0.222. The van der Waals surface area contributed by atoms with Gasteiger partial charge < -0.3 is 5.32 Å². The van der Waals surface area contributed by atoms with E-state index in [1.165, 1.54) is 5.56 Å². The fourth-order valence-corrected chi connectivity index (χ4v) is 5.36. The van der Waals surface area contributed by atoms with Crippen molar-refractivity contribution in [3.8, 4) is 0 Å². The highest BCUT2D eigenvalue weighted by atomic mass is 35.5. The minimum Gasteiger partial charge on any atom is -0.359 e. The molecule has 0 aliphatic carbocycles. The van der Waals surface area contributed by atoms with Crippen molar-refractivity contribution < 1.29 is 0 Å². The summed E-state index contributed by atoms with van der Waals surface area (Å²) < 4.78 is 0. The molecule has 0 bridgehead atoms. The van der Waals surface area contributed by atoms with E-state index >= 15 is 0 Å². The van der Waals surface area contributed by atoms with Gasteiger partial charge in [-0.15, -0.1) is 11.3 Å². The van der Waals surface area contributed by atoms with Crippen LogP contribution in [0.2, 0.25) is 5.02 Å². The molecule has 1 aliphatic rings. The van der Waals surface area contributed by atoms with Crippen molar-refractivity contribution in [1.29, 1.82) is 10.8 Å². The van der Waals surface area contributed by atoms with Gasteiger partial charge in [-0.2, -0.15) is 0 Å². The van der Waals surface area contributed by atoms with Crippen molar-refractivity contribution in [2.75, 3.05) is 10.2 Å². The number of benzene rings is 2. The van der Waals surface area contributed by atoms with Crippen LogP contribution >= 0.6 is 22.9 Å². The van der Waals surface area contributed by atoms with Crippen LogP contribution < -0.4 is 10.2 Å². The van der Waals surface area contributed by atoms with E-state index in [0.29, 0.717) is 17.3 Å². The zero-order valence-corrected chi connectivity index (χ0v) is 21.4. The second-order valence-corrected chi connectivity index (χ2v) is 10.2. The van der Waals surface area contributed by atoms with Gasteiger partial charge in [0.15, 0.2) is 0 Å². The van der Waals surface area contributed by atoms with E-state index < -0.39 is 6.04 Å². The second kappa shape index (κ2) is 9.57. The van der Waals surface area contributed by atoms with E-state index in [0.717, 1.165) is 43.7 Å². The summed E-state index contributed by atoms with van der Waals surface area (Å²) >= 11 is 7.76. The molecule has 1 aromatic heterocycles. The molecule has 174 valence electrons. The third-order valence-electron chi connectivity index (χ3n) is 5.91. The third kappa shape index (κ3) is 4.69. The third-order valence-corrected chi connectivity index (χ3v) is 7.36. The van der Waals surface area contributed by atoms with Crippen LogP contribution in [0.3, 0.4) is 0 Å². The molecule has 2 heterocycles. The van der Waals surface area contributed by atoms with E-state index in [1.54, 1.807) is 23.2 Å². The molecule has 3 N–H and O–H groups in total. The molecule has 1 unspecified atom stereocenters. The highest BCUT2D eigenvalue weighted by Gasteiger charge is 2.34. The summed E-state index contributed by atoms with van der Waals surface area (Å²) in [6, 6.07) is 15.3. The molecule has 0 amide bonds. The maximum absolute atomic E-state index is 9.07. The van der Waals surface area contributed by atoms with Crippen molar-refractivity contribution in [2.45, 2.75) is 40.2 Å². The smallest absolute Gasteiger partial charge is 0.132 e. The Hall–Kier alpha value is -3.22. The Morgan fingerprint density at radius 3 is 2.38 bits per heavy atom. The molecule has 0 spiro atoms. The molecule has 7 heteroatoms. The quantitative estimate of drug-likeness (QED) is 0.259. The van der Waals surface area contributed by atoms with Gasteiger partial charge in [0.1, 0.15) is 22.7 Å². The number of hydrogen-bond acceptors (Lipinski definition) is 5. The molecule has 0 saturated heterocycles. The van der Waals surface area contributed by atoms with Crippen molar-refractivity contribution in [2.24, 2.45) is 4.99 Å². The minimum absolute atomic E-state index is 0.269. The van der Waals surface area contributed by atoms with Crippen LogP contribution in [0.4, 0.5) is 10.7 Å². The number of halogens is 1. The van der Waals surface area contributed by atoms with Crippen molar-refractivity contribution in [1.82, 2.24) is 0 Å². The molecule has 0 saturated carbocycles. The first-order chi connectivity index (χ1) is 16.2. The Kier molecular flexibility index (Phi) is 6.73. The van der Waals surface area contributed by atoms with Crippen LogP contribution in [0.1, 0.15) is 40.5 Å². The summed E-state index contributed by atoms with van der Waals surface area (Å²) in [4.78, 5) is 7.98. The summed E-state index contributed by atoms with van der Waals surface area (Å²) in [6.45, 7) is 12.1. The van der Waals surface area contributed by atoms with Crippen molar-refractivity contribution in [3.05, 3.63) is 93.0 Å². The number of fused-ring (bicyclic) bond motifs is 1. The van der Waals surface area contributed by atoms with Crippen molar-refractivity contribution in [3.63, 3.8) is 0 Å². The maximum atomic E-state index is 9.07. The average Bonchev–Trinajstić information content (AvgIpc) is 3.00. The maximum Gasteiger partial charge on any atom is 0.132 e. The molecule has 1 aliphatic heterocycles. The molecule has 3 aromatic rings. The highest BCUT2D eigenvalue weighted by molar-refractivity contribution is 7.17. The SMILES string of the molecule is C=C(CC1N=C(c2ccc(Cl)cc2)c2c(sc(C)c2C)N(C(C)=N)C1=N)Nc1ccc(C)cc1. The largest absolute Gasteiger partial charge is 0.359 e. The normalized spacial score (nSPS) is 15.4. The Morgan fingerprint density at radius 2 is 1.76 bits per heavy atom. The first-order valence-electron chi connectivity index (χ1n) is 11.0. The van der Waals surface area contributed by atoms with Gasteiger partial charge in [0.05, 0.1) is 5.71 Å². The lowest BCUT2D eigenvalue weighted by Gasteiger charge is -2.25. The van der Waals surface area contributed by atoms with E-state index in [1.807, 2.05) is 48.5 Å². The number of aryl methyl sites for hydroxylation is 2. The monoisotopic (exact) mass is 489 g/mol. The van der Waals surface area contributed by atoms with Crippen LogP contribution in [-0.2, 0) is 0 Å². The first kappa shape index (κ1) is 23.9. The lowest BCUT2D eigenvalue weighted by Crippen LogP contribution is -2.40. The van der Waals surface area contributed by atoms with Gasteiger partial charge in [-0.25, -0.2) is 0 Å². The molecular weight excluding hydrogens is 462 g/mol. The van der Waals surface area contributed by atoms with Gasteiger partial charge in [0.2, 0.25) is 0 Å². The van der Waals surface area contributed by atoms with Crippen LogP contribution in [-0.4, -0.2) is 23.4 Å². The Labute approximate surface area is 209 Å². The average molecular weight is 490 g/mol. The van der Waals surface area contributed by atoms with Gasteiger partial charge in [0, 0.05) is 38.8 Å². The molecule has 2 aromatic carbocycles. The number of amidine groups is 2. The predicted octanol–water partition coefficient (Wildman–Crippen LogP) is 7.34. The minimum atomic E-state index is -0.504. The fourth-order valence-electron chi connectivity index (χ4n) is 4.01. The van der Waals surface area contributed by atoms with Gasteiger partial charge >= 0.3 is 0 Å². The summed E-state index contributed by atoms with van der Waals surface area (Å²) in [5.41, 5.74) is 6.74. The zero-order chi connectivity index (χ0) is 24.6. The lowest BCUT2D eigenvalue weighted by molar-refractivity contribution is 0.833. The Morgan fingerprint density at radius 1 is 1.12 bits per heavy atom. The van der Waals surface area contributed by atoms with E-state index in [2.05, 4.69) is 32.7 Å². The molecule has 4 rings (SSSR count). The molecule has 0 radical (unpaired) electrons. The summed E-state index contributed by atoms with van der Waals surface area (Å²) in [7, 11) is 0. The summed E-state index contributed by atoms with van der Waals surface area (Å²) in [5.74, 6) is 0.563. The van der Waals surface area contributed by atoms with Crippen molar-refractivity contribution >= 4 is 51.0 Å². The molecule has 34 heavy (non-hydrogen) atoms. The highest BCUT2D eigenvalue weighted by Crippen LogP contribution is 2.40. The van der Waals surface area contributed by atoms with E-state index in [4.69, 9.17) is 27.4 Å². The van der Waals surface area contributed by atoms with Gasteiger partial charge in [-0.05, 0) is 57.5 Å². The van der Waals surface area contributed by atoms with Crippen LogP contribution in [0, 0.1) is 31.6 Å². The Bertz CT molecular complexity index is 1300. The van der Waals surface area contributed by atoms with E-state index in [9.17, 15) is 0 Å². The summed E-state index contributed by atoms with van der Waals surface area (Å²) in [6.07, 6.45) is 0.431. The number of aliphatic imine (C=N–C) groups is 1. The number of anilines is 2. The Balaban J connectivity index is 1.79. The molecular formula is C27H28ClN5S. The van der Waals surface area contributed by atoms with Crippen LogP contribution in [0.25, 0.3) is 0 Å². The number of thiophene rings is 1. The number of hydrogen-bond donors (Lipinski definition) is 3. The second-order valence-electron chi connectivity index (χ2n) is 8.57. The first-order valence-corrected chi connectivity index (χ1v) is 12.2. The number of nitrogens with one attached hydrogen (secondary N) is 3. The van der Waals surface area contributed by atoms with Gasteiger partial charge in [0.25, 0.3) is 0 Å². The zero-order valence-electron chi connectivity index (χ0n) is 19.8. The number of rotatable bonds is 5.